The number of nitrogens with two attached hydrogens (primary N) is 1. The second-order valence-electron chi connectivity index (χ2n) is 5.00. The lowest BCUT2D eigenvalue weighted by Crippen LogP contribution is -2.41. The van der Waals surface area contributed by atoms with Crippen molar-refractivity contribution in [3.05, 3.63) is 18.2 Å². The van der Waals surface area contributed by atoms with Gasteiger partial charge >= 0.3 is 0 Å². The molecule has 0 aromatic carbocycles. The molecule has 2 saturated heterocycles. The minimum absolute atomic E-state index is 0.110. The molecule has 0 radical (unpaired) electrons. The smallest absolute Gasteiger partial charge is 0.167 e. The van der Waals surface area contributed by atoms with Gasteiger partial charge in [0.2, 0.25) is 0 Å². The molecule has 3 heterocycles. The number of hydrogen-bond donors (Lipinski definition) is 1. The minimum atomic E-state index is -0.110. The molecule has 2 atom stereocenters. The Morgan fingerprint density at radius 3 is 3.17 bits per heavy atom. The van der Waals surface area contributed by atoms with E-state index in [1.54, 1.807) is 6.20 Å². The zero-order valence-electron chi connectivity index (χ0n) is 10.2. The molecular formula is C12H17N3O2S. The van der Waals surface area contributed by atoms with Crippen molar-refractivity contribution in [3.63, 3.8) is 0 Å². The molecule has 2 unspecified atom stereocenters. The van der Waals surface area contributed by atoms with E-state index in [1.165, 1.54) is 0 Å². The van der Waals surface area contributed by atoms with Crippen molar-refractivity contribution in [1.82, 2.24) is 9.55 Å². The van der Waals surface area contributed by atoms with Gasteiger partial charge in [0, 0.05) is 38.1 Å². The molecule has 98 valence electrons. The van der Waals surface area contributed by atoms with E-state index in [9.17, 15) is 0 Å². The number of ether oxygens (including phenoxy) is 2. The highest BCUT2D eigenvalue weighted by Crippen LogP contribution is 2.38. The van der Waals surface area contributed by atoms with Gasteiger partial charge in [0.05, 0.1) is 12.2 Å². The second kappa shape index (κ2) is 4.60. The summed E-state index contributed by atoms with van der Waals surface area (Å²) >= 11 is 5.04. The van der Waals surface area contributed by atoms with Crippen molar-refractivity contribution in [3.8, 4) is 0 Å². The van der Waals surface area contributed by atoms with E-state index >= 15 is 0 Å². The Morgan fingerprint density at radius 1 is 1.56 bits per heavy atom. The molecular weight excluding hydrogens is 250 g/mol. The Kier molecular flexibility index (Phi) is 3.09. The van der Waals surface area contributed by atoms with E-state index < -0.39 is 0 Å². The molecule has 2 aliphatic rings. The Morgan fingerprint density at radius 2 is 2.44 bits per heavy atom. The maximum absolute atomic E-state index is 5.93. The summed E-state index contributed by atoms with van der Waals surface area (Å²) in [7, 11) is 0. The lowest BCUT2D eigenvalue weighted by molar-refractivity contribution is -0.0948. The molecule has 5 nitrogen and oxygen atoms in total. The summed E-state index contributed by atoms with van der Waals surface area (Å²) in [6.45, 7) is 2.24. The van der Waals surface area contributed by atoms with Gasteiger partial charge in [0.1, 0.15) is 4.99 Å². The van der Waals surface area contributed by atoms with Gasteiger partial charge in [0.25, 0.3) is 0 Å². The van der Waals surface area contributed by atoms with Crippen LogP contribution in [-0.2, 0) is 9.47 Å². The fraction of sp³-hybridized carbons (Fsp3) is 0.667. The van der Waals surface area contributed by atoms with Gasteiger partial charge in [-0.05, 0) is 12.8 Å². The first kappa shape index (κ1) is 12.1. The third-order valence-corrected chi connectivity index (χ3v) is 4.00. The van der Waals surface area contributed by atoms with E-state index in [1.807, 2.05) is 6.20 Å². The molecule has 2 fully saturated rings. The molecule has 1 aromatic heterocycles. The first-order chi connectivity index (χ1) is 8.70. The first-order valence-electron chi connectivity index (χ1n) is 6.25. The summed E-state index contributed by atoms with van der Waals surface area (Å²) in [6.07, 6.45) is 6.59. The van der Waals surface area contributed by atoms with Crippen LogP contribution in [0.2, 0.25) is 0 Å². The van der Waals surface area contributed by atoms with E-state index in [0.717, 1.165) is 32.5 Å². The summed E-state index contributed by atoms with van der Waals surface area (Å²) in [6, 6.07) is 0.347. The maximum atomic E-state index is 5.93. The van der Waals surface area contributed by atoms with Crippen molar-refractivity contribution in [1.29, 1.82) is 0 Å². The van der Waals surface area contributed by atoms with Crippen LogP contribution in [0.5, 0.6) is 0 Å². The van der Waals surface area contributed by atoms with Crippen LogP contribution >= 0.6 is 12.2 Å². The lowest BCUT2D eigenvalue weighted by atomic mass is 9.89. The monoisotopic (exact) mass is 267 g/mol. The molecule has 0 amide bonds. The number of thiocarbonyl (C=S) groups is 1. The summed E-state index contributed by atoms with van der Waals surface area (Å²) < 4.78 is 13.5. The maximum Gasteiger partial charge on any atom is 0.167 e. The van der Waals surface area contributed by atoms with Crippen LogP contribution < -0.4 is 5.73 Å². The van der Waals surface area contributed by atoms with Crippen molar-refractivity contribution in [2.75, 3.05) is 19.8 Å². The first-order valence-corrected chi connectivity index (χ1v) is 6.65. The fourth-order valence-electron chi connectivity index (χ4n) is 2.90. The van der Waals surface area contributed by atoms with Gasteiger partial charge in [0.15, 0.2) is 5.82 Å². The normalized spacial score (nSPS) is 31.9. The van der Waals surface area contributed by atoms with Gasteiger partial charge in [-0.25, -0.2) is 4.98 Å². The molecule has 0 aliphatic carbocycles. The fourth-order valence-corrected chi connectivity index (χ4v) is 3.06. The van der Waals surface area contributed by atoms with Crippen LogP contribution in [0.1, 0.15) is 31.1 Å². The number of aromatic nitrogens is 2. The SMILES string of the molecule is NC(=S)c1nccn1C1CCOC2(CCOC2)C1. The second-order valence-corrected chi connectivity index (χ2v) is 5.44. The Balaban J connectivity index is 1.83. The van der Waals surface area contributed by atoms with Crippen LogP contribution in [0.15, 0.2) is 12.4 Å². The zero-order valence-corrected chi connectivity index (χ0v) is 11.0. The third-order valence-electron chi connectivity index (χ3n) is 3.82. The lowest BCUT2D eigenvalue weighted by Gasteiger charge is -2.38. The highest BCUT2D eigenvalue weighted by molar-refractivity contribution is 7.80. The highest BCUT2D eigenvalue weighted by Gasteiger charge is 2.41. The third kappa shape index (κ3) is 2.04. The van der Waals surface area contributed by atoms with Gasteiger partial charge in [-0.15, -0.1) is 0 Å². The van der Waals surface area contributed by atoms with Gasteiger partial charge < -0.3 is 19.8 Å². The van der Waals surface area contributed by atoms with E-state index in [-0.39, 0.29) is 5.60 Å². The number of rotatable bonds is 2. The Bertz CT molecular complexity index is 454. The van der Waals surface area contributed by atoms with Crippen LogP contribution in [0.25, 0.3) is 0 Å². The van der Waals surface area contributed by atoms with E-state index in [4.69, 9.17) is 27.4 Å². The zero-order chi connectivity index (χ0) is 12.6. The molecule has 2 N–H and O–H groups in total. The number of nitrogens with zero attached hydrogens (tertiary/aromatic N) is 2. The largest absolute Gasteiger partial charge is 0.387 e. The quantitative estimate of drug-likeness (QED) is 0.811. The molecule has 6 heteroatoms. The standard InChI is InChI=1S/C12H17N3O2S/c13-10(18)11-14-3-4-15(11)9-1-5-17-12(7-9)2-6-16-8-12/h3-4,9H,1-2,5-8H2,(H2,13,18). The summed E-state index contributed by atoms with van der Waals surface area (Å²) in [5, 5.41) is 0. The summed E-state index contributed by atoms with van der Waals surface area (Å²) in [5.74, 6) is 0.700. The average molecular weight is 267 g/mol. The van der Waals surface area contributed by atoms with E-state index in [2.05, 4.69) is 9.55 Å². The van der Waals surface area contributed by atoms with Gasteiger partial charge in [-0.3, -0.25) is 0 Å². The topological polar surface area (TPSA) is 62.3 Å². The predicted octanol–water partition coefficient (Wildman–Crippen LogP) is 1.03. The molecule has 0 saturated carbocycles. The molecule has 2 aliphatic heterocycles. The molecule has 0 bridgehead atoms. The average Bonchev–Trinajstić information content (AvgIpc) is 2.98. The molecule has 1 aromatic rings. The molecule has 1 spiro atoms. The highest BCUT2D eigenvalue weighted by atomic mass is 32.1. The van der Waals surface area contributed by atoms with Crippen molar-refractivity contribution in [2.24, 2.45) is 5.73 Å². The number of imidazole rings is 1. The van der Waals surface area contributed by atoms with Gasteiger partial charge in [-0.1, -0.05) is 12.2 Å². The van der Waals surface area contributed by atoms with Gasteiger partial charge in [-0.2, -0.15) is 0 Å². The van der Waals surface area contributed by atoms with Crippen molar-refractivity contribution < 1.29 is 9.47 Å². The number of hydrogen-bond acceptors (Lipinski definition) is 4. The Labute approximate surface area is 111 Å². The van der Waals surface area contributed by atoms with Crippen LogP contribution in [-0.4, -0.2) is 40.0 Å². The van der Waals surface area contributed by atoms with Crippen molar-refractivity contribution in [2.45, 2.75) is 30.9 Å². The van der Waals surface area contributed by atoms with Crippen LogP contribution in [0, 0.1) is 0 Å². The summed E-state index contributed by atoms with van der Waals surface area (Å²) in [5.41, 5.74) is 5.59. The Hall–Kier alpha value is -0.980. The predicted molar refractivity (Wildman–Crippen MR) is 70.5 cm³/mol. The molecule has 3 rings (SSSR count). The van der Waals surface area contributed by atoms with E-state index in [0.29, 0.717) is 23.5 Å². The van der Waals surface area contributed by atoms with Crippen molar-refractivity contribution >= 4 is 17.2 Å². The van der Waals surface area contributed by atoms with Crippen LogP contribution in [0.3, 0.4) is 0 Å². The van der Waals surface area contributed by atoms with Crippen LogP contribution in [0.4, 0.5) is 0 Å². The summed E-state index contributed by atoms with van der Waals surface area (Å²) in [4.78, 5) is 4.58. The molecule has 18 heavy (non-hydrogen) atoms. The minimum Gasteiger partial charge on any atom is -0.387 e.